The summed E-state index contributed by atoms with van der Waals surface area (Å²) in [6, 6.07) is 9.64. The van der Waals surface area contributed by atoms with E-state index < -0.39 is 5.91 Å². The van der Waals surface area contributed by atoms with E-state index in [-0.39, 0.29) is 12.0 Å². The van der Waals surface area contributed by atoms with Crippen molar-refractivity contribution in [3.8, 4) is 0 Å². The number of halogens is 1. The number of primary amides is 1. The van der Waals surface area contributed by atoms with E-state index in [1.165, 1.54) is 0 Å². The second-order valence-corrected chi connectivity index (χ2v) is 7.27. The number of para-hydroxylation sites is 1. The van der Waals surface area contributed by atoms with Crippen molar-refractivity contribution in [2.45, 2.75) is 25.3 Å². The fourth-order valence-electron chi connectivity index (χ4n) is 2.91. The summed E-state index contributed by atoms with van der Waals surface area (Å²) >= 11 is 6.26. The molecule has 2 heterocycles. The van der Waals surface area contributed by atoms with Crippen molar-refractivity contribution in [1.29, 1.82) is 0 Å². The standard InChI is InChI=1S/C20H19ClN6O2/c21-15-3-1-2-4-16(15)25-18-9-19(24-14-5-6-14)27-20(26-18)13(10-23-27)7-12(11-28)8-17(22)29/h1-4,7,9-11,14,24H,5-6,8H2,(H2,22,29)(H,25,26)/b12-7+. The minimum absolute atomic E-state index is 0.147. The van der Waals surface area contributed by atoms with Crippen LogP contribution >= 0.6 is 11.6 Å². The van der Waals surface area contributed by atoms with Crippen molar-refractivity contribution < 1.29 is 9.59 Å². The summed E-state index contributed by atoms with van der Waals surface area (Å²) in [4.78, 5) is 27.1. The lowest BCUT2D eigenvalue weighted by Crippen LogP contribution is -2.11. The number of nitrogens with one attached hydrogen (secondary N) is 2. The van der Waals surface area contributed by atoms with Gasteiger partial charge in [0.25, 0.3) is 0 Å². The highest BCUT2D eigenvalue weighted by atomic mass is 35.5. The number of carbonyl (C=O) groups is 2. The monoisotopic (exact) mass is 410 g/mol. The number of nitrogens with zero attached hydrogens (tertiary/aromatic N) is 3. The minimum atomic E-state index is -0.579. The van der Waals surface area contributed by atoms with Gasteiger partial charge in [0.05, 0.1) is 23.3 Å². The molecule has 0 spiro atoms. The Morgan fingerprint density at radius 2 is 2.14 bits per heavy atom. The Kier molecular flexibility index (Phi) is 5.18. The van der Waals surface area contributed by atoms with Crippen molar-refractivity contribution in [2.24, 2.45) is 5.73 Å². The Bertz CT molecular complexity index is 1120. The van der Waals surface area contributed by atoms with Gasteiger partial charge in [-0.3, -0.25) is 9.59 Å². The molecule has 9 heteroatoms. The second-order valence-electron chi connectivity index (χ2n) is 6.87. The van der Waals surface area contributed by atoms with Gasteiger partial charge in [0.1, 0.15) is 17.9 Å². The largest absolute Gasteiger partial charge is 0.369 e. The molecule has 0 unspecified atom stereocenters. The Morgan fingerprint density at radius 3 is 2.83 bits per heavy atom. The molecule has 29 heavy (non-hydrogen) atoms. The number of nitrogens with two attached hydrogens (primary N) is 1. The van der Waals surface area contributed by atoms with Crippen LogP contribution in [0.3, 0.4) is 0 Å². The third-order valence-electron chi connectivity index (χ3n) is 4.44. The maximum atomic E-state index is 11.3. The summed E-state index contributed by atoms with van der Waals surface area (Å²) in [5, 5.41) is 11.6. The minimum Gasteiger partial charge on any atom is -0.369 e. The van der Waals surface area contributed by atoms with E-state index in [2.05, 4.69) is 20.7 Å². The predicted octanol–water partition coefficient (Wildman–Crippen LogP) is 3.16. The third kappa shape index (κ3) is 4.38. The first-order chi connectivity index (χ1) is 14.0. The Balaban J connectivity index is 1.78. The van der Waals surface area contributed by atoms with Gasteiger partial charge in [-0.2, -0.15) is 9.61 Å². The number of amides is 1. The van der Waals surface area contributed by atoms with Crippen LogP contribution in [0.25, 0.3) is 11.7 Å². The summed E-state index contributed by atoms with van der Waals surface area (Å²) in [5.41, 5.74) is 7.34. The molecule has 4 N–H and O–H groups in total. The van der Waals surface area contributed by atoms with Crippen LogP contribution in [0.1, 0.15) is 24.8 Å². The lowest BCUT2D eigenvalue weighted by Gasteiger charge is -2.12. The maximum absolute atomic E-state index is 11.3. The van der Waals surface area contributed by atoms with E-state index in [1.54, 1.807) is 22.9 Å². The molecule has 148 valence electrons. The number of aldehydes is 1. The Hall–Kier alpha value is -3.39. The molecule has 8 nitrogen and oxygen atoms in total. The van der Waals surface area contributed by atoms with Gasteiger partial charge in [0.15, 0.2) is 5.65 Å². The number of aromatic nitrogens is 3. The van der Waals surface area contributed by atoms with Crippen LogP contribution in [-0.2, 0) is 9.59 Å². The zero-order valence-corrected chi connectivity index (χ0v) is 16.2. The highest BCUT2D eigenvalue weighted by molar-refractivity contribution is 6.33. The molecule has 3 aromatic rings. The average Bonchev–Trinajstić information content (AvgIpc) is 3.42. The summed E-state index contributed by atoms with van der Waals surface area (Å²) in [6.07, 6.45) is 5.84. The number of rotatable bonds is 8. The normalized spacial score (nSPS) is 14.0. The van der Waals surface area contributed by atoms with Crippen molar-refractivity contribution in [3.63, 3.8) is 0 Å². The molecule has 1 amide bonds. The Labute approximate surface area is 171 Å². The van der Waals surface area contributed by atoms with Gasteiger partial charge in [-0.15, -0.1) is 0 Å². The lowest BCUT2D eigenvalue weighted by atomic mass is 10.1. The number of hydrogen-bond donors (Lipinski definition) is 3. The third-order valence-corrected chi connectivity index (χ3v) is 4.77. The highest BCUT2D eigenvalue weighted by Gasteiger charge is 2.23. The van der Waals surface area contributed by atoms with Gasteiger partial charge in [-0.05, 0) is 31.1 Å². The van der Waals surface area contributed by atoms with Gasteiger partial charge in [-0.1, -0.05) is 23.7 Å². The van der Waals surface area contributed by atoms with Crippen LogP contribution in [0.15, 0.2) is 42.1 Å². The van der Waals surface area contributed by atoms with Crippen LogP contribution in [0.4, 0.5) is 17.3 Å². The van der Waals surface area contributed by atoms with E-state index in [9.17, 15) is 9.59 Å². The predicted molar refractivity (Wildman–Crippen MR) is 112 cm³/mol. The van der Waals surface area contributed by atoms with E-state index >= 15 is 0 Å². The van der Waals surface area contributed by atoms with E-state index in [0.717, 1.165) is 24.3 Å². The zero-order chi connectivity index (χ0) is 20.4. The van der Waals surface area contributed by atoms with Crippen molar-refractivity contribution in [2.75, 3.05) is 10.6 Å². The summed E-state index contributed by atoms with van der Waals surface area (Å²) in [5.74, 6) is 0.769. The molecule has 0 atom stereocenters. The highest BCUT2D eigenvalue weighted by Crippen LogP contribution is 2.30. The molecular weight excluding hydrogens is 392 g/mol. The number of benzene rings is 1. The Morgan fingerprint density at radius 1 is 1.34 bits per heavy atom. The molecule has 1 saturated carbocycles. The van der Waals surface area contributed by atoms with Gasteiger partial charge in [0, 0.05) is 23.2 Å². The van der Waals surface area contributed by atoms with Crippen LogP contribution in [0.5, 0.6) is 0 Å². The fraction of sp³-hybridized carbons (Fsp3) is 0.200. The molecule has 0 saturated heterocycles. The summed E-state index contributed by atoms with van der Waals surface area (Å²) in [6.45, 7) is 0. The van der Waals surface area contributed by atoms with Crippen molar-refractivity contribution in [1.82, 2.24) is 14.6 Å². The molecule has 1 fully saturated rings. The number of fused-ring (bicyclic) bond motifs is 1. The van der Waals surface area contributed by atoms with Crippen LogP contribution < -0.4 is 16.4 Å². The first-order valence-electron chi connectivity index (χ1n) is 9.14. The molecule has 4 rings (SSSR count). The lowest BCUT2D eigenvalue weighted by molar-refractivity contribution is -0.118. The number of anilines is 3. The smallest absolute Gasteiger partial charge is 0.221 e. The van der Waals surface area contributed by atoms with Crippen LogP contribution in [-0.4, -0.2) is 32.8 Å². The second kappa shape index (κ2) is 7.92. The molecule has 1 aromatic carbocycles. The van der Waals surface area contributed by atoms with Crippen LogP contribution in [0, 0.1) is 0 Å². The summed E-state index contributed by atoms with van der Waals surface area (Å²) < 4.78 is 1.68. The van der Waals surface area contributed by atoms with Gasteiger partial charge < -0.3 is 16.4 Å². The molecule has 0 radical (unpaired) electrons. The maximum Gasteiger partial charge on any atom is 0.221 e. The molecule has 0 bridgehead atoms. The molecule has 1 aliphatic rings. The van der Waals surface area contributed by atoms with E-state index in [0.29, 0.717) is 34.4 Å². The van der Waals surface area contributed by atoms with Crippen molar-refractivity contribution >= 4 is 52.8 Å². The van der Waals surface area contributed by atoms with Gasteiger partial charge >= 0.3 is 0 Å². The number of hydrogen-bond acceptors (Lipinski definition) is 6. The quantitative estimate of drug-likeness (QED) is 0.388. The van der Waals surface area contributed by atoms with Gasteiger partial charge in [0.2, 0.25) is 5.91 Å². The van der Waals surface area contributed by atoms with E-state index in [4.69, 9.17) is 17.3 Å². The molecule has 2 aromatic heterocycles. The first kappa shape index (κ1) is 18.9. The molecule has 1 aliphatic carbocycles. The summed E-state index contributed by atoms with van der Waals surface area (Å²) in [7, 11) is 0. The molecule has 0 aliphatic heterocycles. The number of carbonyl (C=O) groups excluding carboxylic acids is 2. The van der Waals surface area contributed by atoms with Gasteiger partial charge in [-0.25, -0.2) is 4.98 Å². The topological polar surface area (TPSA) is 114 Å². The zero-order valence-electron chi connectivity index (χ0n) is 15.4. The first-order valence-corrected chi connectivity index (χ1v) is 9.52. The molecular formula is C20H19ClN6O2. The van der Waals surface area contributed by atoms with E-state index in [1.807, 2.05) is 24.3 Å². The average molecular weight is 411 g/mol. The van der Waals surface area contributed by atoms with Crippen LogP contribution in [0.2, 0.25) is 5.02 Å². The SMILES string of the molecule is NC(=O)C/C(C=O)=C\c1cnn2c(NC3CC3)cc(Nc3ccccc3Cl)nc12. The fourth-order valence-corrected chi connectivity index (χ4v) is 3.10. The van der Waals surface area contributed by atoms with Crippen molar-refractivity contribution in [3.05, 3.63) is 52.7 Å².